The van der Waals surface area contributed by atoms with Crippen LogP contribution >= 0.6 is 0 Å². The van der Waals surface area contributed by atoms with Crippen LogP contribution in [0, 0.1) is 13.8 Å². The zero-order chi connectivity index (χ0) is 28.7. The van der Waals surface area contributed by atoms with Crippen LogP contribution in [0.2, 0.25) is 0 Å². The minimum atomic E-state index is -1.10. The van der Waals surface area contributed by atoms with Gasteiger partial charge < -0.3 is 26.0 Å². The molecule has 0 spiro atoms. The quantitative estimate of drug-likeness (QED) is 0.402. The topological polar surface area (TPSA) is 131 Å². The molecule has 39 heavy (non-hydrogen) atoms. The van der Waals surface area contributed by atoms with Crippen molar-refractivity contribution >= 4 is 23.8 Å². The van der Waals surface area contributed by atoms with Gasteiger partial charge in [0.1, 0.15) is 17.7 Å². The van der Waals surface area contributed by atoms with Gasteiger partial charge in [-0.05, 0) is 76.1 Å². The van der Waals surface area contributed by atoms with Crippen molar-refractivity contribution in [3.8, 4) is 0 Å². The fraction of sp³-hybridized carbons (Fsp3) is 0.467. The van der Waals surface area contributed by atoms with E-state index in [0.717, 1.165) is 35.1 Å². The van der Waals surface area contributed by atoms with E-state index < -0.39 is 35.6 Å². The van der Waals surface area contributed by atoms with Crippen LogP contribution in [0.15, 0.2) is 48.5 Å². The minimum absolute atomic E-state index is 0.0122. The summed E-state index contributed by atoms with van der Waals surface area (Å²) in [6.07, 6.45) is 0.557. The predicted octanol–water partition coefficient (Wildman–Crippen LogP) is 3.81. The SMILES string of the molecule is Cc1cccc(C)c1C(C(=O)NCc1ccccc1)N(C(=O)C(CCC(N)=O)NC(=O)OC(C)(C)C)C1CC1. The summed E-state index contributed by atoms with van der Waals surface area (Å²) in [5, 5.41) is 5.64. The van der Waals surface area contributed by atoms with Gasteiger partial charge in [0.15, 0.2) is 0 Å². The predicted molar refractivity (Wildman–Crippen MR) is 148 cm³/mol. The van der Waals surface area contributed by atoms with E-state index in [1.54, 1.807) is 25.7 Å². The number of benzene rings is 2. The lowest BCUT2D eigenvalue weighted by molar-refractivity contribution is -0.143. The van der Waals surface area contributed by atoms with E-state index >= 15 is 0 Å². The Morgan fingerprint density at radius 2 is 1.62 bits per heavy atom. The number of primary amides is 1. The van der Waals surface area contributed by atoms with Crippen molar-refractivity contribution in [3.63, 3.8) is 0 Å². The van der Waals surface area contributed by atoms with Crippen LogP contribution < -0.4 is 16.4 Å². The molecule has 2 aromatic carbocycles. The third-order valence-electron chi connectivity index (χ3n) is 6.51. The largest absolute Gasteiger partial charge is 0.444 e. The highest BCUT2D eigenvalue weighted by Crippen LogP contribution is 2.38. The molecule has 210 valence electrons. The Morgan fingerprint density at radius 3 is 2.15 bits per heavy atom. The Balaban J connectivity index is 1.99. The Kier molecular flexibility index (Phi) is 9.72. The molecule has 9 nitrogen and oxygen atoms in total. The van der Waals surface area contributed by atoms with Gasteiger partial charge in [0.05, 0.1) is 0 Å². The third-order valence-corrected chi connectivity index (χ3v) is 6.51. The number of carbonyl (C=O) groups is 4. The maximum Gasteiger partial charge on any atom is 0.408 e. The average molecular weight is 537 g/mol. The standard InChI is InChI=1S/C30H40N4O5/c1-19-10-9-11-20(2)25(19)26(27(36)32-18-21-12-7-6-8-13-21)34(22-14-15-22)28(37)23(16-17-24(31)35)33-29(38)39-30(3,4)5/h6-13,22-23,26H,14-18H2,1-5H3,(H2,31,35)(H,32,36)(H,33,38). The van der Waals surface area contributed by atoms with Gasteiger partial charge >= 0.3 is 6.09 Å². The van der Waals surface area contributed by atoms with Crippen molar-refractivity contribution in [1.29, 1.82) is 0 Å². The van der Waals surface area contributed by atoms with Crippen molar-refractivity contribution in [3.05, 3.63) is 70.8 Å². The van der Waals surface area contributed by atoms with Crippen molar-refractivity contribution in [2.75, 3.05) is 0 Å². The van der Waals surface area contributed by atoms with Gasteiger partial charge in [0.2, 0.25) is 17.7 Å². The number of aryl methyl sites for hydroxylation is 2. The van der Waals surface area contributed by atoms with Crippen molar-refractivity contribution in [2.45, 2.75) is 90.6 Å². The first-order chi connectivity index (χ1) is 18.4. The molecule has 2 atom stereocenters. The van der Waals surface area contributed by atoms with E-state index in [-0.39, 0.29) is 24.8 Å². The van der Waals surface area contributed by atoms with Crippen LogP contribution in [0.25, 0.3) is 0 Å². The smallest absolute Gasteiger partial charge is 0.408 e. The molecule has 1 saturated carbocycles. The lowest BCUT2D eigenvalue weighted by Crippen LogP contribution is -2.54. The molecule has 2 aromatic rings. The molecular formula is C30H40N4O5. The summed E-state index contributed by atoms with van der Waals surface area (Å²) in [7, 11) is 0. The van der Waals surface area contributed by atoms with E-state index in [2.05, 4.69) is 10.6 Å². The number of alkyl carbamates (subject to hydrolysis) is 1. The molecule has 9 heteroatoms. The van der Waals surface area contributed by atoms with Gasteiger partial charge in [-0.2, -0.15) is 0 Å². The molecule has 0 saturated heterocycles. The van der Waals surface area contributed by atoms with Crippen LogP contribution in [-0.2, 0) is 25.7 Å². The van der Waals surface area contributed by atoms with Gasteiger partial charge in [-0.1, -0.05) is 48.5 Å². The lowest BCUT2D eigenvalue weighted by atomic mass is 9.93. The molecule has 0 aliphatic heterocycles. The molecule has 1 fully saturated rings. The Labute approximate surface area is 230 Å². The van der Waals surface area contributed by atoms with Gasteiger partial charge in [-0.25, -0.2) is 4.79 Å². The highest BCUT2D eigenvalue weighted by Gasteiger charge is 2.44. The first kappa shape index (κ1) is 29.7. The molecule has 0 radical (unpaired) electrons. The number of amides is 4. The molecule has 4 N–H and O–H groups in total. The number of hydrogen-bond donors (Lipinski definition) is 3. The van der Waals surface area contributed by atoms with Crippen LogP contribution in [-0.4, -0.2) is 46.4 Å². The van der Waals surface area contributed by atoms with E-state index in [9.17, 15) is 19.2 Å². The molecule has 4 amide bonds. The fourth-order valence-electron chi connectivity index (χ4n) is 4.58. The lowest BCUT2D eigenvalue weighted by Gasteiger charge is -2.36. The van der Waals surface area contributed by atoms with Crippen LogP contribution in [0.3, 0.4) is 0 Å². The summed E-state index contributed by atoms with van der Waals surface area (Å²) in [5.74, 6) is -1.36. The highest BCUT2D eigenvalue weighted by molar-refractivity contribution is 5.93. The van der Waals surface area contributed by atoms with Gasteiger partial charge in [0.25, 0.3) is 0 Å². The Morgan fingerprint density at radius 1 is 1.00 bits per heavy atom. The van der Waals surface area contributed by atoms with E-state index in [0.29, 0.717) is 6.54 Å². The second kappa shape index (κ2) is 12.8. The minimum Gasteiger partial charge on any atom is -0.444 e. The molecule has 0 bridgehead atoms. The monoisotopic (exact) mass is 536 g/mol. The van der Waals surface area contributed by atoms with Crippen LogP contribution in [0.5, 0.6) is 0 Å². The third kappa shape index (κ3) is 8.56. The Hall–Kier alpha value is -3.88. The number of nitrogens with two attached hydrogens (primary N) is 1. The first-order valence-corrected chi connectivity index (χ1v) is 13.3. The number of carbonyl (C=O) groups excluding carboxylic acids is 4. The number of hydrogen-bond acceptors (Lipinski definition) is 5. The van der Waals surface area contributed by atoms with Crippen LogP contribution in [0.1, 0.15) is 74.8 Å². The van der Waals surface area contributed by atoms with Gasteiger partial charge in [-0.3, -0.25) is 14.4 Å². The normalized spacial score (nSPS) is 14.6. The summed E-state index contributed by atoms with van der Waals surface area (Å²) < 4.78 is 5.38. The fourth-order valence-corrected chi connectivity index (χ4v) is 4.58. The zero-order valence-electron chi connectivity index (χ0n) is 23.5. The van der Waals surface area contributed by atoms with Crippen molar-refractivity contribution in [2.24, 2.45) is 5.73 Å². The maximum atomic E-state index is 14.2. The Bertz CT molecular complexity index is 1170. The summed E-state index contributed by atoms with van der Waals surface area (Å²) in [6.45, 7) is 9.29. The number of nitrogens with one attached hydrogen (secondary N) is 2. The second-order valence-corrected chi connectivity index (χ2v) is 11.1. The summed E-state index contributed by atoms with van der Waals surface area (Å²) in [6, 6.07) is 13.1. The molecule has 1 aliphatic rings. The highest BCUT2D eigenvalue weighted by atomic mass is 16.6. The number of ether oxygens (including phenoxy) is 1. The summed E-state index contributed by atoms with van der Waals surface area (Å²) in [5.41, 5.74) is 8.03. The first-order valence-electron chi connectivity index (χ1n) is 13.3. The molecule has 2 unspecified atom stereocenters. The molecule has 0 aromatic heterocycles. The van der Waals surface area contributed by atoms with E-state index in [4.69, 9.17) is 10.5 Å². The number of rotatable bonds is 11. The maximum absolute atomic E-state index is 14.2. The summed E-state index contributed by atoms with van der Waals surface area (Å²) in [4.78, 5) is 54.0. The van der Waals surface area contributed by atoms with E-state index in [1.807, 2.05) is 62.4 Å². The summed E-state index contributed by atoms with van der Waals surface area (Å²) >= 11 is 0. The van der Waals surface area contributed by atoms with E-state index in [1.165, 1.54) is 0 Å². The van der Waals surface area contributed by atoms with Crippen molar-refractivity contribution in [1.82, 2.24) is 15.5 Å². The second-order valence-electron chi connectivity index (χ2n) is 11.1. The van der Waals surface area contributed by atoms with Gasteiger partial charge in [0, 0.05) is 19.0 Å². The van der Waals surface area contributed by atoms with Gasteiger partial charge in [-0.15, -0.1) is 0 Å². The van der Waals surface area contributed by atoms with Crippen molar-refractivity contribution < 1.29 is 23.9 Å². The zero-order valence-corrected chi connectivity index (χ0v) is 23.5. The molecular weight excluding hydrogens is 496 g/mol. The van der Waals surface area contributed by atoms with Crippen LogP contribution in [0.4, 0.5) is 4.79 Å². The average Bonchev–Trinajstić information content (AvgIpc) is 3.68. The molecule has 0 heterocycles. The molecule has 3 rings (SSSR count). The number of nitrogens with zero attached hydrogens (tertiary/aromatic N) is 1. The molecule has 1 aliphatic carbocycles.